The van der Waals surface area contributed by atoms with Crippen molar-refractivity contribution in [2.45, 2.75) is 246 Å². The average Bonchev–Trinajstić information content (AvgIpc) is 3.75. The van der Waals surface area contributed by atoms with Crippen LogP contribution in [0.2, 0.25) is 0 Å². The number of ether oxygens (including phenoxy) is 9. The fourth-order valence-corrected chi connectivity index (χ4v) is 14.9. The van der Waals surface area contributed by atoms with Crippen molar-refractivity contribution in [3.05, 3.63) is 11.6 Å². The minimum absolute atomic E-state index is 0.0822. The standard InChI is InChI=1S/C51H84O23/c1-20(19-66-44-38(60)37(59)34(56)29(17-52)70-44)9-14-50(64)23(4)51(65)31(74-50)16-28-26-8-7-24-15-25(10-12-48(24,5)27(26)11-13-49(28,51)6)69-47-43(73-46-40(62)36(58)33(55)22(3)68-46)41(63)42(30(18-53)71-47)72-45-39(61)35(57)32(54)21(2)67-45/h7,20-23,25-47,52-65H,8-19H2,1-6H3/t20-,21+,22+,23-,25+,26-,27+,28+,29-,30-,31+,32+,33+,34-,35-,36-,37+,38-,39-,40-,41+,42-,43-,44-,45+,46+,47-,48+,49+,50-,51-/m1/s1. The third kappa shape index (κ3) is 9.68. The molecule has 5 heterocycles. The van der Waals surface area contributed by atoms with Gasteiger partial charge in [0, 0.05) is 17.8 Å². The predicted molar refractivity (Wildman–Crippen MR) is 250 cm³/mol. The minimum Gasteiger partial charge on any atom is -0.394 e. The fraction of sp³-hybridized carbons (Fsp3) is 0.961. The van der Waals surface area contributed by atoms with E-state index < -0.39 is 171 Å². The molecule has 3 saturated carbocycles. The SMILES string of the molecule is C[C@H](CC[C@@]1(O)O[C@H]2C[C@H]3[C@@H]4CC=C5C[C@@H](O[C@@H]6O[C@H](CO)[C@@H](O[C@@H]7O[C@@H](C)[C@H](O)[C@@H](O)[C@H]7O)[C@H](O)[C@H]6O[C@@H]6O[C@@H](C)[C@H](O)[C@@H](O)[C@H]6O)CC[C@]5(C)[C@H]4CC[C@]3(C)[C@@]2(O)[C@@H]1C)CO[C@@H]1O[C@H](CO)[C@@H](O)[C@H](O)[C@H]1O. The minimum atomic E-state index is -1.77. The van der Waals surface area contributed by atoms with E-state index in [1.54, 1.807) is 0 Å². The molecule has 9 rings (SSSR count). The Balaban J connectivity index is 0.858. The summed E-state index contributed by atoms with van der Waals surface area (Å²) in [6.45, 7) is 9.93. The maximum absolute atomic E-state index is 12.9. The summed E-state index contributed by atoms with van der Waals surface area (Å²) in [6, 6.07) is 0. The van der Waals surface area contributed by atoms with Crippen LogP contribution in [0.3, 0.4) is 0 Å². The van der Waals surface area contributed by atoms with Crippen LogP contribution in [0.15, 0.2) is 11.6 Å². The van der Waals surface area contributed by atoms with Crippen molar-refractivity contribution < 1.29 is 114 Å². The molecule has 0 aromatic rings. The summed E-state index contributed by atoms with van der Waals surface area (Å²) in [4.78, 5) is 0. The maximum Gasteiger partial charge on any atom is 0.187 e. The second-order valence-corrected chi connectivity index (χ2v) is 23.9. The first-order valence-corrected chi connectivity index (χ1v) is 26.9. The smallest absolute Gasteiger partial charge is 0.187 e. The quantitative estimate of drug-likeness (QED) is 0.0778. The molecule has 426 valence electrons. The lowest BCUT2D eigenvalue weighted by atomic mass is 9.46. The van der Waals surface area contributed by atoms with E-state index in [4.69, 9.17) is 42.6 Å². The summed E-state index contributed by atoms with van der Waals surface area (Å²) in [5, 5.41) is 152. The first kappa shape index (κ1) is 57.5. The van der Waals surface area contributed by atoms with Crippen LogP contribution >= 0.6 is 0 Å². The van der Waals surface area contributed by atoms with Crippen molar-refractivity contribution in [2.24, 2.45) is 40.4 Å². The van der Waals surface area contributed by atoms with E-state index in [9.17, 15) is 71.5 Å². The monoisotopic (exact) mass is 1060 g/mol. The van der Waals surface area contributed by atoms with E-state index in [-0.39, 0.29) is 42.1 Å². The van der Waals surface area contributed by atoms with Crippen molar-refractivity contribution >= 4 is 0 Å². The summed E-state index contributed by atoms with van der Waals surface area (Å²) in [5.74, 6) is -1.85. The number of hydrogen-bond donors (Lipinski definition) is 14. The van der Waals surface area contributed by atoms with Crippen molar-refractivity contribution in [2.75, 3.05) is 19.8 Å². The van der Waals surface area contributed by atoms with Gasteiger partial charge in [-0.1, -0.05) is 39.3 Å². The number of allylic oxidation sites excluding steroid dienone is 1. The zero-order valence-corrected chi connectivity index (χ0v) is 43.1. The Labute approximate surface area is 430 Å². The Morgan fingerprint density at radius 2 is 1.22 bits per heavy atom. The van der Waals surface area contributed by atoms with Gasteiger partial charge in [-0.25, -0.2) is 0 Å². The molecule has 0 aromatic carbocycles. The predicted octanol–water partition coefficient (Wildman–Crippen LogP) is -2.86. The number of aliphatic hydroxyl groups is 14. The summed E-state index contributed by atoms with van der Waals surface area (Å²) < 4.78 is 54.3. The van der Waals surface area contributed by atoms with E-state index in [0.29, 0.717) is 32.1 Å². The van der Waals surface area contributed by atoms with Crippen LogP contribution in [0, 0.1) is 40.4 Å². The molecule has 74 heavy (non-hydrogen) atoms. The van der Waals surface area contributed by atoms with E-state index in [2.05, 4.69) is 19.9 Å². The first-order valence-electron chi connectivity index (χ1n) is 26.9. The summed E-state index contributed by atoms with van der Waals surface area (Å²) in [5.41, 5.74) is -0.916. The van der Waals surface area contributed by atoms with E-state index in [1.807, 2.05) is 13.8 Å². The molecule has 4 aliphatic carbocycles. The Morgan fingerprint density at radius 1 is 0.635 bits per heavy atom. The summed E-state index contributed by atoms with van der Waals surface area (Å²) in [7, 11) is 0. The fourth-order valence-electron chi connectivity index (χ4n) is 14.9. The van der Waals surface area contributed by atoms with Gasteiger partial charge in [0.2, 0.25) is 0 Å². The topological polar surface area (TPSA) is 366 Å². The maximum atomic E-state index is 12.9. The molecule has 5 saturated heterocycles. The number of fused-ring (bicyclic) bond motifs is 7. The first-order chi connectivity index (χ1) is 34.8. The highest BCUT2D eigenvalue weighted by molar-refractivity contribution is 5.29. The van der Waals surface area contributed by atoms with Crippen LogP contribution in [-0.2, 0) is 42.6 Å². The van der Waals surface area contributed by atoms with Crippen LogP contribution in [0.4, 0.5) is 0 Å². The lowest BCUT2D eigenvalue weighted by molar-refractivity contribution is -0.388. The molecule has 0 aromatic heterocycles. The molecule has 31 atom stereocenters. The van der Waals surface area contributed by atoms with E-state index in [0.717, 1.165) is 19.3 Å². The number of aliphatic hydroxyl groups excluding tert-OH is 12. The molecule has 14 N–H and O–H groups in total. The lowest BCUT2D eigenvalue weighted by Crippen LogP contribution is -2.66. The largest absolute Gasteiger partial charge is 0.394 e. The molecule has 0 amide bonds. The van der Waals surface area contributed by atoms with Crippen molar-refractivity contribution in [1.29, 1.82) is 0 Å². The second-order valence-electron chi connectivity index (χ2n) is 23.9. The Hall–Kier alpha value is -1.18. The van der Waals surface area contributed by atoms with Crippen molar-refractivity contribution in [3.8, 4) is 0 Å². The van der Waals surface area contributed by atoms with Crippen molar-refractivity contribution in [1.82, 2.24) is 0 Å². The Bertz CT molecular complexity index is 1950. The molecular weight excluding hydrogens is 981 g/mol. The molecular formula is C51H84O23. The highest BCUT2D eigenvalue weighted by atomic mass is 16.8. The molecule has 0 unspecified atom stereocenters. The molecule has 5 aliphatic heterocycles. The van der Waals surface area contributed by atoms with Gasteiger partial charge in [0.05, 0.1) is 44.2 Å². The van der Waals surface area contributed by atoms with Crippen LogP contribution in [-0.4, -0.2) is 238 Å². The Morgan fingerprint density at radius 3 is 1.84 bits per heavy atom. The highest BCUT2D eigenvalue weighted by Crippen LogP contribution is 2.71. The third-order valence-electron chi connectivity index (χ3n) is 19.7. The highest BCUT2D eigenvalue weighted by Gasteiger charge is 2.75. The molecule has 9 aliphatic rings. The zero-order chi connectivity index (χ0) is 53.7. The molecule has 23 nitrogen and oxygen atoms in total. The van der Waals surface area contributed by atoms with Gasteiger partial charge < -0.3 is 114 Å². The molecule has 8 fully saturated rings. The van der Waals surface area contributed by atoms with Crippen LogP contribution < -0.4 is 0 Å². The van der Waals surface area contributed by atoms with E-state index >= 15 is 0 Å². The third-order valence-corrected chi connectivity index (χ3v) is 19.7. The van der Waals surface area contributed by atoms with Gasteiger partial charge in [-0.15, -0.1) is 0 Å². The van der Waals surface area contributed by atoms with Gasteiger partial charge in [-0.3, -0.25) is 0 Å². The lowest BCUT2D eigenvalue weighted by Gasteiger charge is -2.59. The van der Waals surface area contributed by atoms with Gasteiger partial charge >= 0.3 is 0 Å². The van der Waals surface area contributed by atoms with Crippen LogP contribution in [0.5, 0.6) is 0 Å². The van der Waals surface area contributed by atoms with Gasteiger partial charge in [-0.2, -0.15) is 0 Å². The normalized spacial score (nSPS) is 55.9. The van der Waals surface area contributed by atoms with Gasteiger partial charge in [0.25, 0.3) is 0 Å². The molecule has 0 spiro atoms. The summed E-state index contributed by atoms with van der Waals surface area (Å²) >= 11 is 0. The van der Waals surface area contributed by atoms with Crippen molar-refractivity contribution in [3.63, 3.8) is 0 Å². The van der Waals surface area contributed by atoms with Crippen LogP contribution in [0.1, 0.15) is 99.3 Å². The zero-order valence-electron chi connectivity index (χ0n) is 43.1. The Kier molecular flexibility index (Phi) is 16.9. The molecule has 0 bridgehead atoms. The van der Waals surface area contributed by atoms with Gasteiger partial charge in [0.15, 0.2) is 30.9 Å². The number of hydrogen-bond acceptors (Lipinski definition) is 23. The van der Waals surface area contributed by atoms with Gasteiger partial charge in [-0.05, 0) is 94.3 Å². The van der Waals surface area contributed by atoms with E-state index in [1.165, 1.54) is 19.4 Å². The molecule has 23 heteroatoms. The second kappa shape index (κ2) is 21.7. The summed E-state index contributed by atoms with van der Waals surface area (Å²) in [6.07, 6.45) is -22.8. The van der Waals surface area contributed by atoms with Crippen LogP contribution in [0.25, 0.3) is 0 Å². The van der Waals surface area contributed by atoms with Gasteiger partial charge in [0.1, 0.15) is 91.1 Å². The average molecular weight is 1070 g/mol. The number of rotatable bonds is 14. The molecule has 0 radical (unpaired) electrons.